The number of aromatic hydroxyl groups is 1. The van der Waals surface area contributed by atoms with Crippen molar-refractivity contribution in [3.8, 4) is 22.8 Å². The number of rotatable bonds is 4. The van der Waals surface area contributed by atoms with Gasteiger partial charge in [-0.1, -0.05) is 35.9 Å². The van der Waals surface area contributed by atoms with Gasteiger partial charge < -0.3 is 9.84 Å². The molecule has 0 spiro atoms. The number of pyridine rings is 1. The minimum atomic E-state index is 0.0751. The summed E-state index contributed by atoms with van der Waals surface area (Å²) in [6.07, 6.45) is 3.63. The Kier molecular flexibility index (Phi) is 4.52. The maximum Gasteiger partial charge on any atom is 0.165 e. The van der Waals surface area contributed by atoms with Gasteiger partial charge in [-0.25, -0.2) is 9.98 Å². The van der Waals surface area contributed by atoms with Gasteiger partial charge in [0.2, 0.25) is 0 Å². The van der Waals surface area contributed by atoms with Crippen molar-refractivity contribution in [2.24, 2.45) is 4.99 Å². The molecule has 4 aromatic rings. The zero-order valence-electron chi connectivity index (χ0n) is 14.5. The number of aromatic nitrogens is 2. The normalized spacial score (nSPS) is 11.3. The van der Waals surface area contributed by atoms with Crippen molar-refractivity contribution in [2.75, 3.05) is 7.11 Å². The zero-order chi connectivity index (χ0) is 18.8. The van der Waals surface area contributed by atoms with Gasteiger partial charge >= 0.3 is 0 Å². The summed E-state index contributed by atoms with van der Waals surface area (Å²) in [5.41, 5.74) is 3.06. The van der Waals surface area contributed by atoms with E-state index in [2.05, 4.69) is 4.99 Å². The van der Waals surface area contributed by atoms with E-state index in [1.165, 1.54) is 7.11 Å². The SMILES string of the molecule is COc1cc(-c2nc3ccccn3c2/N=C/c2ccccc2Cl)ccc1O. The molecule has 2 aromatic carbocycles. The van der Waals surface area contributed by atoms with Crippen molar-refractivity contribution < 1.29 is 9.84 Å². The molecule has 0 aliphatic heterocycles. The quantitative estimate of drug-likeness (QED) is 0.502. The Morgan fingerprint density at radius 3 is 2.74 bits per heavy atom. The minimum Gasteiger partial charge on any atom is -0.504 e. The van der Waals surface area contributed by atoms with E-state index in [9.17, 15) is 5.11 Å². The molecule has 0 bridgehead atoms. The Morgan fingerprint density at radius 1 is 1.11 bits per heavy atom. The molecule has 5 nitrogen and oxygen atoms in total. The summed E-state index contributed by atoms with van der Waals surface area (Å²) in [4.78, 5) is 9.37. The molecule has 6 heteroatoms. The van der Waals surface area contributed by atoms with Crippen LogP contribution in [0.25, 0.3) is 16.9 Å². The van der Waals surface area contributed by atoms with Crippen LogP contribution in [0.3, 0.4) is 0 Å². The number of benzene rings is 2. The molecule has 4 rings (SSSR count). The number of phenolic OH excluding ortho intramolecular Hbond substituents is 1. The number of aliphatic imine (C=N–C) groups is 1. The van der Waals surface area contributed by atoms with Crippen LogP contribution in [0.5, 0.6) is 11.5 Å². The molecule has 2 aromatic heterocycles. The van der Waals surface area contributed by atoms with E-state index in [1.54, 1.807) is 24.4 Å². The van der Waals surface area contributed by atoms with Crippen LogP contribution in [0.2, 0.25) is 5.02 Å². The first-order chi connectivity index (χ1) is 13.2. The smallest absolute Gasteiger partial charge is 0.165 e. The molecule has 1 N–H and O–H groups in total. The van der Waals surface area contributed by atoms with Crippen LogP contribution in [0.15, 0.2) is 71.9 Å². The van der Waals surface area contributed by atoms with Crippen LogP contribution in [-0.2, 0) is 0 Å². The molecule has 27 heavy (non-hydrogen) atoms. The number of imidazole rings is 1. The minimum absolute atomic E-state index is 0.0751. The molecule has 0 amide bonds. The number of halogens is 1. The van der Waals surface area contributed by atoms with Gasteiger partial charge in [0.15, 0.2) is 17.3 Å². The third kappa shape index (κ3) is 3.25. The predicted octanol–water partition coefficient (Wildman–Crippen LogP) is 5.12. The van der Waals surface area contributed by atoms with Crippen molar-refractivity contribution in [3.05, 3.63) is 77.4 Å². The van der Waals surface area contributed by atoms with Crippen molar-refractivity contribution in [2.45, 2.75) is 0 Å². The van der Waals surface area contributed by atoms with Crippen molar-refractivity contribution in [1.82, 2.24) is 9.38 Å². The third-order valence-electron chi connectivity index (χ3n) is 4.19. The molecule has 0 atom stereocenters. The number of fused-ring (bicyclic) bond motifs is 1. The molecular formula is C21H16ClN3O2. The van der Waals surface area contributed by atoms with Crippen LogP contribution in [0, 0.1) is 0 Å². The Morgan fingerprint density at radius 2 is 1.93 bits per heavy atom. The Labute approximate surface area is 161 Å². The predicted molar refractivity (Wildman–Crippen MR) is 108 cm³/mol. The third-order valence-corrected chi connectivity index (χ3v) is 4.53. The summed E-state index contributed by atoms with van der Waals surface area (Å²) >= 11 is 6.24. The van der Waals surface area contributed by atoms with E-state index in [0.717, 1.165) is 16.8 Å². The molecule has 0 unspecified atom stereocenters. The van der Waals surface area contributed by atoms with E-state index in [1.807, 2.05) is 53.1 Å². The fraction of sp³-hybridized carbons (Fsp3) is 0.0476. The van der Waals surface area contributed by atoms with Crippen LogP contribution in [-0.4, -0.2) is 27.8 Å². The van der Waals surface area contributed by atoms with Gasteiger partial charge in [0.1, 0.15) is 11.3 Å². The maximum absolute atomic E-state index is 9.88. The van der Waals surface area contributed by atoms with Gasteiger partial charge in [-0.15, -0.1) is 0 Å². The monoisotopic (exact) mass is 377 g/mol. The largest absolute Gasteiger partial charge is 0.504 e. The Hall–Kier alpha value is -3.31. The van der Waals surface area contributed by atoms with Crippen LogP contribution >= 0.6 is 11.6 Å². The Bertz CT molecular complexity index is 1150. The number of methoxy groups -OCH3 is 1. The first-order valence-corrected chi connectivity index (χ1v) is 8.68. The van der Waals surface area contributed by atoms with Crippen LogP contribution < -0.4 is 4.74 Å². The average Bonchev–Trinajstić information content (AvgIpc) is 3.06. The number of nitrogens with zero attached hydrogens (tertiary/aromatic N) is 3. The fourth-order valence-electron chi connectivity index (χ4n) is 2.84. The Balaban J connectivity index is 1.89. The summed E-state index contributed by atoms with van der Waals surface area (Å²) in [7, 11) is 1.51. The summed E-state index contributed by atoms with van der Waals surface area (Å²) in [5, 5.41) is 10.5. The molecule has 0 fully saturated rings. The number of phenols is 1. The first-order valence-electron chi connectivity index (χ1n) is 8.30. The lowest BCUT2D eigenvalue weighted by atomic mass is 10.1. The molecule has 134 valence electrons. The lowest BCUT2D eigenvalue weighted by Crippen LogP contribution is -1.87. The second kappa shape index (κ2) is 7.13. The van der Waals surface area contributed by atoms with E-state index >= 15 is 0 Å². The summed E-state index contributed by atoms with van der Waals surface area (Å²) in [6, 6.07) is 18.4. The van der Waals surface area contributed by atoms with Crippen molar-refractivity contribution in [3.63, 3.8) is 0 Å². The van der Waals surface area contributed by atoms with E-state index in [4.69, 9.17) is 21.3 Å². The molecule has 0 saturated heterocycles. The number of ether oxygens (including phenoxy) is 1. The van der Waals surface area contributed by atoms with Crippen LogP contribution in [0.1, 0.15) is 5.56 Å². The highest BCUT2D eigenvalue weighted by Crippen LogP contribution is 2.36. The highest BCUT2D eigenvalue weighted by atomic mass is 35.5. The standard InChI is InChI=1S/C21H16ClN3O2/c1-27-18-12-14(9-10-17(18)26)20-21(25-11-5-4-8-19(25)24-20)23-13-15-6-2-3-7-16(15)22/h2-13,26H,1H3/b23-13+. The first kappa shape index (κ1) is 17.1. The second-order valence-electron chi connectivity index (χ2n) is 5.88. The molecule has 0 aliphatic rings. The zero-order valence-corrected chi connectivity index (χ0v) is 15.3. The lowest BCUT2D eigenvalue weighted by molar-refractivity contribution is 0.373. The molecule has 2 heterocycles. The second-order valence-corrected chi connectivity index (χ2v) is 6.29. The summed E-state index contributed by atoms with van der Waals surface area (Å²) in [5.74, 6) is 1.12. The highest BCUT2D eigenvalue weighted by Gasteiger charge is 2.15. The van der Waals surface area contributed by atoms with Gasteiger partial charge in [-0.05, 0) is 36.4 Å². The van der Waals surface area contributed by atoms with Gasteiger partial charge in [-0.2, -0.15) is 0 Å². The molecule has 0 aliphatic carbocycles. The van der Waals surface area contributed by atoms with E-state index in [0.29, 0.717) is 22.3 Å². The highest BCUT2D eigenvalue weighted by molar-refractivity contribution is 6.33. The van der Waals surface area contributed by atoms with Gasteiger partial charge in [-0.3, -0.25) is 4.40 Å². The molecular weight excluding hydrogens is 362 g/mol. The average molecular weight is 378 g/mol. The lowest BCUT2D eigenvalue weighted by Gasteiger charge is -2.06. The van der Waals surface area contributed by atoms with Crippen LogP contribution in [0.4, 0.5) is 5.82 Å². The summed E-state index contributed by atoms with van der Waals surface area (Å²) in [6.45, 7) is 0. The topological polar surface area (TPSA) is 59.1 Å². The van der Waals surface area contributed by atoms with Crippen molar-refractivity contribution >= 4 is 29.3 Å². The summed E-state index contributed by atoms with van der Waals surface area (Å²) < 4.78 is 7.13. The maximum atomic E-state index is 9.88. The van der Waals surface area contributed by atoms with Gasteiger partial charge in [0.25, 0.3) is 0 Å². The molecule has 0 radical (unpaired) electrons. The number of hydrogen-bond donors (Lipinski definition) is 1. The van der Waals surface area contributed by atoms with Crippen molar-refractivity contribution in [1.29, 1.82) is 0 Å². The fourth-order valence-corrected chi connectivity index (χ4v) is 3.02. The van der Waals surface area contributed by atoms with E-state index < -0.39 is 0 Å². The molecule has 0 saturated carbocycles. The van der Waals surface area contributed by atoms with Gasteiger partial charge in [0, 0.05) is 28.6 Å². The van der Waals surface area contributed by atoms with E-state index in [-0.39, 0.29) is 5.75 Å². The number of hydrogen-bond acceptors (Lipinski definition) is 4. The van der Waals surface area contributed by atoms with Gasteiger partial charge in [0.05, 0.1) is 7.11 Å².